The van der Waals surface area contributed by atoms with Crippen LogP contribution in [0.15, 0.2) is 0 Å². The summed E-state index contributed by atoms with van der Waals surface area (Å²) in [5.74, 6) is 0. The minimum Gasteiger partial charge on any atom is -0.374 e. The molecule has 0 radical (unpaired) electrons. The molecule has 1 fully saturated rings. The van der Waals surface area contributed by atoms with E-state index in [1.54, 1.807) is 0 Å². The van der Waals surface area contributed by atoms with E-state index in [1.165, 1.54) is 0 Å². The Bertz CT molecular complexity index is 305. The summed E-state index contributed by atoms with van der Waals surface area (Å²) in [6.07, 6.45) is -0.139. The van der Waals surface area contributed by atoms with Gasteiger partial charge in [-0.05, 0) is 57.9 Å². The standard InChI is InChI=1S/C16H30F3NO/c1-5-21-15(11-9-14(2,3)10-12-15)13(20-4)7-6-8-16(17,18)19/h13,20H,5-12H2,1-4H3. The lowest BCUT2D eigenvalue weighted by Crippen LogP contribution is -2.54. The first-order chi connectivity index (χ1) is 9.64. The van der Waals surface area contributed by atoms with Crippen LogP contribution >= 0.6 is 0 Å². The molecule has 1 aliphatic carbocycles. The first kappa shape index (κ1) is 18.8. The summed E-state index contributed by atoms with van der Waals surface area (Å²) in [6, 6.07) is -0.00380. The summed E-state index contributed by atoms with van der Waals surface area (Å²) >= 11 is 0. The molecule has 0 spiro atoms. The Labute approximate surface area is 126 Å². The second-order valence-corrected chi connectivity index (χ2v) is 7.01. The smallest absolute Gasteiger partial charge is 0.374 e. The van der Waals surface area contributed by atoms with Crippen molar-refractivity contribution >= 4 is 0 Å². The Morgan fingerprint density at radius 3 is 2.14 bits per heavy atom. The van der Waals surface area contributed by atoms with Gasteiger partial charge in [0.1, 0.15) is 0 Å². The molecular formula is C16H30F3NO. The largest absolute Gasteiger partial charge is 0.389 e. The van der Waals surface area contributed by atoms with Crippen molar-refractivity contribution in [2.24, 2.45) is 5.41 Å². The molecule has 1 saturated carbocycles. The van der Waals surface area contributed by atoms with Crippen molar-refractivity contribution in [1.29, 1.82) is 0 Å². The maximum atomic E-state index is 12.3. The summed E-state index contributed by atoms with van der Waals surface area (Å²) in [6.45, 7) is 7.07. The zero-order valence-electron chi connectivity index (χ0n) is 13.8. The molecule has 21 heavy (non-hydrogen) atoms. The van der Waals surface area contributed by atoms with Gasteiger partial charge in [0.2, 0.25) is 0 Å². The molecule has 0 heterocycles. The molecular weight excluding hydrogens is 279 g/mol. The number of alkyl halides is 3. The molecule has 0 aromatic carbocycles. The molecule has 0 aromatic heterocycles. The number of ether oxygens (including phenoxy) is 1. The Hall–Kier alpha value is -0.290. The molecule has 1 unspecified atom stereocenters. The molecule has 1 atom stereocenters. The third-order valence-electron chi connectivity index (χ3n) is 4.82. The Morgan fingerprint density at radius 2 is 1.71 bits per heavy atom. The molecule has 1 aliphatic rings. The van der Waals surface area contributed by atoms with Crippen LogP contribution in [0.1, 0.15) is 65.7 Å². The van der Waals surface area contributed by atoms with E-state index in [0.717, 1.165) is 25.7 Å². The minimum absolute atomic E-state index is 0.00380. The van der Waals surface area contributed by atoms with Crippen molar-refractivity contribution in [2.45, 2.75) is 83.5 Å². The summed E-state index contributed by atoms with van der Waals surface area (Å²) in [5.41, 5.74) is 0.00941. The Morgan fingerprint density at radius 1 is 1.14 bits per heavy atom. The van der Waals surface area contributed by atoms with Gasteiger partial charge in [0.25, 0.3) is 0 Å². The van der Waals surface area contributed by atoms with Gasteiger partial charge in [-0.3, -0.25) is 0 Å². The van der Waals surface area contributed by atoms with E-state index in [9.17, 15) is 13.2 Å². The van der Waals surface area contributed by atoms with E-state index in [0.29, 0.717) is 18.4 Å². The van der Waals surface area contributed by atoms with Gasteiger partial charge in [0, 0.05) is 19.1 Å². The molecule has 1 rings (SSSR count). The first-order valence-electron chi connectivity index (χ1n) is 8.02. The highest BCUT2D eigenvalue weighted by Gasteiger charge is 2.44. The second kappa shape index (κ2) is 7.32. The van der Waals surface area contributed by atoms with Gasteiger partial charge in [-0.25, -0.2) is 0 Å². The van der Waals surface area contributed by atoms with Crippen molar-refractivity contribution in [2.75, 3.05) is 13.7 Å². The predicted octanol–water partition coefficient (Wildman–Crippen LogP) is 4.68. The van der Waals surface area contributed by atoms with Crippen LogP contribution in [-0.4, -0.2) is 31.5 Å². The molecule has 2 nitrogen and oxygen atoms in total. The van der Waals surface area contributed by atoms with Crippen molar-refractivity contribution in [3.8, 4) is 0 Å². The fraction of sp³-hybridized carbons (Fsp3) is 1.00. The molecule has 0 aliphatic heterocycles. The summed E-state index contributed by atoms with van der Waals surface area (Å²) in [5, 5.41) is 3.22. The number of hydrogen-bond donors (Lipinski definition) is 1. The monoisotopic (exact) mass is 309 g/mol. The van der Waals surface area contributed by atoms with Crippen molar-refractivity contribution in [3.05, 3.63) is 0 Å². The topological polar surface area (TPSA) is 21.3 Å². The third-order valence-corrected chi connectivity index (χ3v) is 4.82. The summed E-state index contributed by atoms with van der Waals surface area (Å²) < 4.78 is 43.1. The molecule has 0 amide bonds. The van der Waals surface area contributed by atoms with E-state index >= 15 is 0 Å². The van der Waals surface area contributed by atoms with Gasteiger partial charge >= 0.3 is 6.18 Å². The van der Waals surface area contributed by atoms with Gasteiger partial charge in [0.15, 0.2) is 0 Å². The normalized spacial score (nSPS) is 23.0. The lowest BCUT2D eigenvalue weighted by atomic mass is 9.67. The van der Waals surface area contributed by atoms with Gasteiger partial charge in [0.05, 0.1) is 5.60 Å². The number of nitrogens with one attached hydrogen (secondary N) is 1. The van der Waals surface area contributed by atoms with Crippen LogP contribution in [0.25, 0.3) is 0 Å². The quantitative estimate of drug-likeness (QED) is 0.737. The van der Waals surface area contributed by atoms with Crippen LogP contribution in [0.4, 0.5) is 13.2 Å². The predicted molar refractivity (Wildman–Crippen MR) is 79.4 cm³/mol. The van der Waals surface area contributed by atoms with Gasteiger partial charge in [-0.15, -0.1) is 0 Å². The maximum absolute atomic E-state index is 12.3. The number of hydrogen-bond acceptors (Lipinski definition) is 2. The molecule has 1 N–H and O–H groups in total. The zero-order chi connectivity index (χ0) is 16.1. The number of likely N-dealkylation sites (N-methyl/N-ethyl adjacent to an activating group) is 1. The minimum atomic E-state index is -4.06. The van der Waals surface area contributed by atoms with E-state index in [4.69, 9.17) is 4.74 Å². The molecule has 0 aromatic rings. The third kappa shape index (κ3) is 5.78. The van der Waals surface area contributed by atoms with Crippen molar-refractivity contribution in [3.63, 3.8) is 0 Å². The second-order valence-electron chi connectivity index (χ2n) is 7.01. The summed E-state index contributed by atoms with van der Waals surface area (Å²) in [7, 11) is 1.83. The van der Waals surface area contributed by atoms with Crippen LogP contribution < -0.4 is 5.32 Å². The Balaban J connectivity index is 2.68. The maximum Gasteiger partial charge on any atom is 0.389 e. The van der Waals surface area contributed by atoms with Gasteiger partial charge in [-0.2, -0.15) is 13.2 Å². The van der Waals surface area contributed by atoms with Crippen molar-refractivity contribution < 1.29 is 17.9 Å². The van der Waals surface area contributed by atoms with Crippen LogP contribution in [0.2, 0.25) is 0 Å². The number of rotatable bonds is 7. The average Bonchev–Trinajstić information content (AvgIpc) is 2.37. The Kier molecular flexibility index (Phi) is 6.54. The van der Waals surface area contributed by atoms with Crippen LogP contribution in [-0.2, 0) is 4.74 Å². The molecule has 0 bridgehead atoms. The first-order valence-corrected chi connectivity index (χ1v) is 8.02. The van der Waals surface area contributed by atoms with Crippen LogP contribution in [0.3, 0.4) is 0 Å². The fourth-order valence-corrected chi connectivity index (χ4v) is 3.41. The lowest BCUT2D eigenvalue weighted by molar-refractivity contribution is -0.139. The SMILES string of the molecule is CCOC1(C(CCCC(F)(F)F)NC)CCC(C)(C)CC1. The molecule has 5 heteroatoms. The lowest BCUT2D eigenvalue weighted by Gasteiger charge is -2.47. The highest BCUT2D eigenvalue weighted by atomic mass is 19.4. The van der Waals surface area contributed by atoms with E-state index in [2.05, 4.69) is 19.2 Å². The highest BCUT2D eigenvalue weighted by molar-refractivity contribution is 4.98. The van der Waals surface area contributed by atoms with E-state index in [1.807, 2.05) is 14.0 Å². The highest BCUT2D eigenvalue weighted by Crippen LogP contribution is 2.44. The zero-order valence-corrected chi connectivity index (χ0v) is 13.8. The van der Waals surface area contributed by atoms with Crippen LogP contribution in [0.5, 0.6) is 0 Å². The van der Waals surface area contributed by atoms with E-state index < -0.39 is 12.6 Å². The summed E-state index contributed by atoms with van der Waals surface area (Å²) in [4.78, 5) is 0. The van der Waals surface area contributed by atoms with Gasteiger partial charge in [-0.1, -0.05) is 13.8 Å². The van der Waals surface area contributed by atoms with Crippen LogP contribution in [0, 0.1) is 5.41 Å². The van der Waals surface area contributed by atoms with Crippen molar-refractivity contribution in [1.82, 2.24) is 5.32 Å². The van der Waals surface area contributed by atoms with Gasteiger partial charge < -0.3 is 10.1 Å². The fourth-order valence-electron chi connectivity index (χ4n) is 3.41. The van der Waals surface area contributed by atoms with E-state index in [-0.39, 0.29) is 18.1 Å². The average molecular weight is 309 g/mol. The molecule has 126 valence electrons. The molecule has 0 saturated heterocycles. The number of halogens is 3.